The minimum Gasteiger partial charge on any atom is -0.363 e. The normalized spacial score (nSPS) is 13.3. The molecule has 0 saturated heterocycles. The van der Waals surface area contributed by atoms with Crippen LogP contribution in [0.15, 0.2) is 72.8 Å². The number of nitrogens with zero attached hydrogens (tertiary/aromatic N) is 1. The fraction of sp³-hybridized carbons (Fsp3) is 0.174. The Kier molecular flexibility index (Phi) is 5.01. The van der Waals surface area contributed by atoms with Gasteiger partial charge in [0.25, 0.3) is 5.91 Å². The predicted molar refractivity (Wildman–Crippen MR) is 105 cm³/mol. The first-order valence-corrected chi connectivity index (χ1v) is 9.26. The van der Waals surface area contributed by atoms with Gasteiger partial charge in [-0.15, -0.1) is 0 Å². The van der Waals surface area contributed by atoms with Gasteiger partial charge in [-0.2, -0.15) is 13.2 Å². The van der Waals surface area contributed by atoms with E-state index in [1.807, 2.05) is 24.3 Å². The van der Waals surface area contributed by atoms with Crippen LogP contribution in [-0.2, 0) is 25.8 Å². The van der Waals surface area contributed by atoms with Gasteiger partial charge in [0.05, 0.1) is 5.56 Å². The van der Waals surface area contributed by atoms with Crippen molar-refractivity contribution in [3.63, 3.8) is 0 Å². The number of hydrogen-bond donors (Lipinski definition) is 1. The van der Waals surface area contributed by atoms with Gasteiger partial charge in [-0.3, -0.25) is 4.79 Å². The maximum absolute atomic E-state index is 12.6. The van der Waals surface area contributed by atoms with Crippen molar-refractivity contribution >= 4 is 11.6 Å². The van der Waals surface area contributed by atoms with Gasteiger partial charge in [0.1, 0.15) is 0 Å². The zero-order chi connectivity index (χ0) is 20.4. The maximum Gasteiger partial charge on any atom is 0.416 e. The molecule has 0 bridgehead atoms. The van der Waals surface area contributed by atoms with Crippen LogP contribution in [0.25, 0.3) is 0 Å². The van der Waals surface area contributed by atoms with Gasteiger partial charge in [0.2, 0.25) is 0 Å². The molecule has 4 rings (SSSR count). The Morgan fingerprint density at radius 3 is 2.00 bits per heavy atom. The summed E-state index contributed by atoms with van der Waals surface area (Å²) in [5.41, 5.74) is 4.08. The van der Waals surface area contributed by atoms with E-state index in [4.69, 9.17) is 0 Å². The molecular weight excluding hydrogens is 377 g/mol. The van der Waals surface area contributed by atoms with Crippen molar-refractivity contribution in [2.45, 2.75) is 25.8 Å². The quantitative estimate of drug-likeness (QED) is 0.661. The van der Waals surface area contributed by atoms with E-state index in [0.717, 1.165) is 30.9 Å². The summed E-state index contributed by atoms with van der Waals surface area (Å²) in [7, 11) is 0. The molecule has 0 fully saturated rings. The van der Waals surface area contributed by atoms with Crippen LogP contribution in [0.1, 0.15) is 32.6 Å². The molecule has 0 aliphatic carbocycles. The topological polar surface area (TPSA) is 32.3 Å². The maximum atomic E-state index is 12.6. The highest BCUT2D eigenvalue weighted by Gasteiger charge is 2.29. The minimum atomic E-state index is -4.36. The predicted octanol–water partition coefficient (Wildman–Crippen LogP) is 5.16. The Morgan fingerprint density at radius 1 is 0.862 bits per heavy atom. The number of benzene rings is 3. The first-order chi connectivity index (χ1) is 13.9. The average Bonchev–Trinajstić information content (AvgIpc) is 3.16. The fourth-order valence-electron chi connectivity index (χ4n) is 3.44. The molecule has 1 N–H and O–H groups in total. The van der Waals surface area contributed by atoms with E-state index in [0.29, 0.717) is 11.1 Å². The molecule has 29 heavy (non-hydrogen) atoms. The SMILES string of the molecule is O=C(NCc1ccc(C(F)(F)F)cc1)c1ccc(N2Cc3ccccc3C2)cc1. The lowest BCUT2D eigenvalue weighted by atomic mass is 10.1. The smallest absolute Gasteiger partial charge is 0.363 e. The summed E-state index contributed by atoms with van der Waals surface area (Å²) in [6.45, 7) is 1.85. The van der Waals surface area contributed by atoms with Gasteiger partial charge in [0.15, 0.2) is 0 Å². The molecule has 0 unspecified atom stereocenters. The first-order valence-electron chi connectivity index (χ1n) is 9.26. The van der Waals surface area contributed by atoms with Crippen molar-refractivity contribution in [1.29, 1.82) is 0 Å². The molecule has 3 nitrogen and oxygen atoms in total. The summed E-state index contributed by atoms with van der Waals surface area (Å²) in [4.78, 5) is 14.6. The van der Waals surface area contributed by atoms with Gasteiger partial charge in [0, 0.05) is 30.9 Å². The number of amides is 1. The van der Waals surface area contributed by atoms with Crippen LogP contribution >= 0.6 is 0 Å². The van der Waals surface area contributed by atoms with Gasteiger partial charge in [-0.1, -0.05) is 36.4 Å². The molecule has 3 aromatic carbocycles. The van der Waals surface area contributed by atoms with E-state index >= 15 is 0 Å². The molecule has 0 spiro atoms. The van der Waals surface area contributed by atoms with E-state index in [1.165, 1.54) is 23.3 Å². The van der Waals surface area contributed by atoms with Crippen LogP contribution in [0, 0.1) is 0 Å². The largest absolute Gasteiger partial charge is 0.416 e. The highest BCUT2D eigenvalue weighted by Crippen LogP contribution is 2.29. The van der Waals surface area contributed by atoms with Crippen molar-refractivity contribution in [1.82, 2.24) is 5.32 Å². The third-order valence-corrected chi connectivity index (χ3v) is 5.07. The summed E-state index contributed by atoms with van der Waals surface area (Å²) in [6, 6.07) is 20.5. The zero-order valence-corrected chi connectivity index (χ0v) is 15.5. The second kappa shape index (κ2) is 7.62. The van der Waals surface area contributed by atoms with Crippen LogP contribution in [0.4, 0.5) is 18.9 Å². The van der Waals surface area contributed by atoms with Crippen molar-refractivity contribution in [3.8, 4) is 0 Å². The summed E-state index contributed by atoms with van der Waals surface area (Å²) in [6.07, 6.45) is -4.36. The summed E-state index contributed by atoms with van der Waals surface area (Å²) >= 11 is 0. The Hall–Kier alpha value is -3.28. The van der Waals surface area contributed by atoms with Crippen molar-refractivity contribution in [2.75, 3.05) is 4.90 Å². The van der Waals surface area contributed by atoms with Crippen LogP contribution in [0.2, 0.25) is 0 Å². The van der Waals surface area contributed by atoms with Crippen molar-refractivity contribution in [3.05, 3.63) is 101 Å². The second-order valence-corrected chi connectivity index (χ2v) is 7.05. The lowest BCUT2D eigenvalue weighted by Crippen LogP contribution is -2.23. The lowest BCUT2D eigenvalue weighted by molar-refractivity contribution is -0.137. The van der Waals surface area contributed by atoms with Gasteiger partial charge >= 0.3 is 6.18 Å². The molecule has 1 amide bonds. The molecule has 0 atom stereocenters. The standard InChI is InChI=1S/C23H19F3N2O/c24-23(25,26)20-9-5-16(6-10-20)13-27-22(29)17-7-11-21(12-8-17)28-14-18-3-1-2-4-19(18)15-28/h1-12H,13-15H2,(H,27,29). The van der Waals surface area contributed by atoms with Crippen LogP contribution in [-0.4, -0.2) is 5.91 Å². The Bertz CT molecular complexity index is 987. The Balaban J connectivity index is 1.35. The summed E-state index contributed by atoms with van der Waals surface area (Å²) < 4.78 is 37.8. The van der Waals surface area contributed by atoms with Crippen molar-refractivity contribution in [2.24, 2.45) is 0 Å². The van der Waals surface area contributed by atoms with Gasteiger partial charge in [-0.05, 0) is 53.1 Å². The molecule has 3 aromatic rings. The molecule has 148 valence electrons. The lowest BCUT2D eigenvalue weighted by Gasteiger charge is -2.18. The van der Waals surface area contributed by atoms with Gasteiger partial charge in [-0.25, -0.2) is 0 Å². The highest BCUT2D eigenvalue weighted by molar-refractivity contribution is 5.94. The van der Waals surface area contributed by atoms with Crippen LogP contribution in [0.3, 0.4) is 0 Å². The molecule has 1 aliphatic heterocycles. The molecule has 0 saturated carbocycles. The summed E-state index contributed by atoms with van der Waals surface area (Å²) in [5, 5.41) is 2.74. The number of alkyl halides is 3. The van der Waals surface area contributed by atoms with E-state index in [-0.39, 0.29) is 12.5 Å². The number of nitrogens with one attached hydrogen (secondary N) is 1. The number of hydrogen-bond acceptors (Lipinski definition) is 2. The molecule has 1 heterocycles. The molecule has 1 aliphatic rings. The zero-order valence-electron chi connectivity index (χ0n) is 15.5. The number of fused-ring (bicyclic) bond motifs is 1. The van der Waals surface area contributed by atoms with Gasteiger partial charge < -0.3 is 10.2 Å². The third-order valence-electron chi connectivity index (χ3n) is 5.07. The van der Waals surface area contributed by atoms with E-state index in [2.05, 4.69) is 22.3 Å². The minimum absolute atomic E-state index is 0.167. The van der Waals surface area contributed by atoms with E-state index in [9.17, 15) is 18.0 Å². The van der Waals surface area contributed by atoms with E-state index < -0.39 is 11.7 Å². The Morgan fingerprint density at radius 2 is 1.45 bits per heavy atom. The summed E-state index contributed by atoms with van der Waals surface area (Å²) in [5.74, 6) is -0.263. The highest BCUT2D eigenvalue weighted by atomic mass is 19.4. The Labute approximate surface area is 166 Å². The number of carbonyl (C=O) groups is 1. The third kappa shape index (κ3) is 4.26. The molecule has 6 heteroatoms. The first kappa shape index (κ1) is 19.1. The van der Waals surface area contributed by atoms with Crippen LogP contribution in [0.5, 0.6) is 0 Å². The molecule has 0 radical (unpaired) electrons. The number of carbonyl (C=O) groups excluding carboxylic acids is 1. The van der Waals surface area contributed by atoms with E-state index in [1.54, 1.807) is 12.1 Å². The number of anilines is 1. The monoisotopic (exact) mass is 396 g/mol. The fourth-order valence-corrected chi connectivity index (χ4v) is 3.44. The average molecular weight is 396 g/mol. The van der Waals surface area contributed by atoms with Crippen LogP contribution < -0.4 is 10.2 Å². The second-order valence-electron chi connectivity index (χ2n) is 7.05. The number of halogens is 3. The molecule has 0 aromatic heterocycles. The number of rotatable bonds is 4. The van der Waals surface area contributed by atoms with Crippen molar-refractivity contribution < 1.29 is 18.0 Å². The molecular formula is C23H19F3N2O.